The molecule has 2 atom stereocenters. The summed E-state index contributed by atoms with van der Waals surface area (Å²) in [5.41, 5.74) is 2.44. The van der Waals surface area contributed by atoms with Gasteiger partial charge in [0.15, 0.2) is 11.7 Å². The van der Waals surface area contributed by atoms with Gasteiger partial charge in [-0.15, -0.1) is 0 Å². The fourth-order valence-electron chi connectivity index (χ4n) is 1.17. The molecule has 2 unspecified atom stereocenters. The zero-order valence-electron chi connectivity index (χ0n) is 8.23. The molecule has 0 fully saturated rings. The second-order valence-electron chi connectivity index (χ2n) is 3.43. The number of rotatable bonds is 4. The van der Waals surface area contributed by atoms with Gasteiger partial charge in [0.05, 0.1) is 0 Å². The lowest BCUT2D eigenvalue weighted by molar-refractivity contribution is -0.147. The van der Waals surface area contributed by atoms with E-state index in [1.165, 1.54) is 12.1 Å². The molecule has 0 spiro atoms. The zero-order chi connectivity index (χ0) is 12.3. The van der Waals surface area contributed by atoms with Crippen molar-refractivity contribution in [2.75, 3.05) is 6.67 Å². The summed E-state index contributed by atoms with van der Waals surface area (Å²) in [5, 5.41) is 17.6. The number of carboxylic acids is 1. The summed E-state index contributed by atoms with van der Waals surface area (Å²) < 4.78 is 26.3. The maximum absolute atomic E-state index is 13.7. The highest BCUT2D eigenvalue weighted by atomic mass is 19.1. The number of hydrogen-bond donors (Lipinski definition) is 3. The molecule has 0 radical (unpaired) electrons. The summed E-state index contributed by atoms with van der Waals surface area (Å²) in [6, 6.07) is 4.64. The number of hydrogen-bond acceptors (Lipinski definition) is 3. The normalized spacial score (nSPS) is 16.4. The number of aromatic hydroxyl groups is 1. The van der Waals surface area contributed by atoms with Gasteiger partial charge in [0.2, 0.25) is 0 Å². The number of benzene rings is 1. The Bertz CT molecular complexity index is 382. The van der Waals surface area contributed by atoms with E-state index in [1.54, 1.807) is 0 Å². The fraction of sp³-hybridized carbons (Fsp3) is 0.300. The maximum atomic E-state index is 13.7. The van der Waals surface area contributed by atoms with E-state index in [4.69, 9.17) is 15.9 Å². The van der Waals surface area contributed by atoms with Crippen LogP contribution in [0.3, 0.4) is 0 Å². The van der Waals surface area contributed by atoms with Crippen molar-refractivity contribution in [1.82, 2.24) is 0 Å². The molecule has 0 aliphatic carbocycles. The number of aliphatic carboxylic acids is 1. The van der Waals surface area contributed by atoms with Crippen molar-refractivity contribution in [2.45, 2.75) is 11.7 Å². The Labute approximate surface area is 90.3 Å². The molecule has 0 saturated heterocycles. The van der Waals surface area contributed by atoms with Gasteiger partial charge in [0.1, 0.15) is 12.4 Å². The molecule has 0 aliphatic heterocycles. The van der Waals surface area contributed by atoms with Gasteiger partial charge in [-0.1, -0.05) is 12.1 Å². The Morgan fingerprint density at radius 1 is 1.44 bits per heavy atom. The van der Waals surface area contributed by atoms with Crippen LogP contribution in [0.2, 0.25) is 0 Å². The van der Waals surface area contributed by atoms with E-state index in [0.717, 1.165) is 12.1 Å². The van der Waals surface area contributed by atoms with Crippen molar-refractivity contribution >= 4 is 5.97 Å². The van der Waals surface area contributed by atoms with Gasteiger partial charge < -0.3 is 15.9 Å². The minimum atomic E-state index is -2.60. The van der Waals surface area contributed by atoms with Crippen LogP contribution in [0.15, 0.2) is 24.3 Å². The Kier molecular flexibility index (Phi) is 3.44. The van der Waals surface area contributed by atoms with Crippen molar-refractivity contribution < 1.29 is 23.8 Å². The largest absolute Gasteiger partial charge is 0.508 e. The first kappa shape index (κ1) is 12.4. The lowest BCUT2D eigenvalue weighted by Gasteiger charge is -2.25. The summed E-state index contributed by atoms with van der Waals surface area (Å²) in [7, 11) is 0. The SMILES string of the molecule is NC(CF)(C(=O)O)C(F)c1ccc(O)cc1. The van der Waals surface area contributed by atoms with Crippen molar-refractivity contribution in [3.05, 3.63) is 29.8 Å². The number of phenols is 1. The van der Waals surface area contributed by atoms with E-state index in [0.29, 0.717) is 0 Å². The van der Waals surface area contributed by atoms with Crippen LogP contribution in [0, 0.1) is 0 Å². The van der Waals surface area contributed by atoms with Gasteiger partial charge in [-0.3, -0.25) is 0 Å². The number of carboxylic acid groups (broad SMARTS) is 1. The Morgan fingerprint density at radius 2 is 1.94 bits per heavy atom. The Morgan fingerprint density at radius 3 is 2.31 bits per heavy atom. The van der Waals surface area contributed by atoms with E-state index in [1.807, 2.05) is 0 Å². The zero-order valence-corrected chi connectivity index (χ0v) is 8.23. The predicted molar refractivity (Wildman–Crippen MR) is 52.5 cm³/mol. The lowest BCUT2D eigenvalue weighted by atomic mass is 9.91. The van der Waals surface area contributed by atoms with Crippen LogP contribution in [0.4, 0.5) is 8.78 Å². The van der Waals surface area contributed by atoms with Crippen LogP contribution < -0.4 is 5.73 Å². The van der Waals surface area contributed by atoms with Gasteiger partial charge in [0, 0.05) is 0 Å². The van der Waals surface area contributed by atoms with E-state index in [-0.39, 0.29) is 11.3 Å². The molecule has 0 saturated carbocycles. The van der Waals surface area contributed by atoms with Gasteiger partial charge in [-0.25, -0.2) is 13.6 Å². The molecule has 1 aromatic carbocycles. The molecule has 0 bridgehead atoms. The van der Waals surface area contributed by atoms with Crippen LogP contribution in [0.1, 0.15) is 11.7 Å². The van der Waals surface area contributed by atoms with Gasteiger partial charge in [0.25, 0.3) is 0 Å². The molecule has 0 aliphatic rings. The molecule has 0 amide bonds. The summed E-state index contributed by atoms with van der Waals surface area (Å²) >= 11 is 0. The minimum Gasteiger partial charge on any atom is -0.508 e. The third-order valence-corrected chi connectivity index (χ3v) is 2.26. The average molecular weight is 231 g/mol. The molecule has 1 aromatic rings. The second kappa shape index (κ2) is 4.44. The Hall–Kier alpha value is -1.69. The van der Waals surface area contributed by atoms with Crippen molar-refractivity contribution in [3.63, 3.8) is 0 Å². The van der Waals surface area contributed by atoms with Gasteiger partial charge >= 0.3 is 5.97 Å². The first-order valence-electron chi connectivity index (χ1n) is 4.43. The van der Waals surface area contributed by atoms with Gasteiger partial charge in [-0.2, -0.15) is 0 Å². The molecule has 88 valence electrons. The summed E-state index contributed by atoms with van der Waals surface area (Å²) in [6.45, 7) is -1.52. The predicted octanol–water partition coefficient (Wildman–Crippen LogP) is 1.15. The Balaban J connectivity index is 3.04. The summed E-state index contributed by atoms with van der Waals surface area (Å²) in [6.07, 6.45) is -2.18. The van der Waals surface area contributed by atoms with Gasteiger partial charge in [-0.05, 0) is 17.7 Å². The highest BCUT2D eigenvalue weighted by Crippen LogP contribution is 2.29. The molecule has 4 N–H and O–H groups in total. The third kappa shape index (κ3) is 2.11. The van der Waals surface area contributed by atoms with E-state index in [9.17, 15) is 13.6 Å². The van der Waals surface area contributed by atoms with Crippen molar-refractivity contribution in [2.24, 2.45) is 5.73 Å². The molecular formula is C10H11F2NO3. The van der Waals surface area contributed by atoms with E-state index >= 15 is 0 Å². The minimum absolute atomic E-state index is 0.0969. The van der Waals surface area contributed by atoms with E-state index < -0.39 is 24.4 Å². The number of carbonyl (C=O) groups is 1. The van der Waals surface area contributed by atoms with Crippen LogP contribution in [-0.4, -0.2) is 28.4 Å². The standard InChI is InChI=1S/C10H11F2NO3/c11-5-10(13,9(15)16)8(12)6-1-3-7(14)4-2-6/h1-4,8,14H,5,13H2,(H,15,16). The summed E-state index contributed by atoms with van der Waals surface area (Å²) in [4.78, 5) is 10.7. The second-order valence-corrected chi connectivity index (χ2v) is 3.43. The van der Waals surface area contributed by atoms with Crippen LogP contribution in [-0.2, 0) is 4.79 Å². The van der Waals surface area contributed by atoms with Crippen molar-refractivity contribution in [3.8, 4) is 5.75 Å². The number of halogens is 2. The first-order valence-corrected chi connectivity index (χ1v) is 4.43. The monoisotopic (exact) mass is 231 g/mol. The quantitative estimate of drug-likeness (QED) is 0.725. The van der Waals surface area contributed by atoms with E-state index in [2.05, 4.69) is 0 Å². The summed E-state index contributed by atoms with van der Waals surface area (Å²) in [5.74, 6) is -1.86. The van der Waals surface area contributed by atoms with Crippen LogP contribution >= 0.6 is 0 Å². The molecule has 16 heavy (non-hydrogen) atoms. The molecule has 0 aromatic heterocycles. The first-order chi connectivity index (χ1) is 7.41. The van der Waals surface area contributed by atoms with Crippen LogP contribution in [0.5, 0.6) is 5.75 Å². The molecular weight excluding hydrogens is 220 g/mol. The molecule has 1 rings (SSSR count). The topological polar surface area (TPSA) is 83.6 Å². The smallest absolute Gasteiger partial charge is 0.329 e. The molecule has 4 nitrogen and oxygen atoms in total. The number of alkyl halides is 2. The highest BCUT2D eigenvalue weighted by molar-refractivity contribution is 5.80. The maximum Gasteiger partial charge on any atom is 0.329 e. The number of nitrogens with two attached hydrogens (primary N) is 1. The average Bonchev–Trinajstić information content (AvgIpc) is 2.27. The van der Waals surface area contributed by atoms with Crippen molar-refractivity contribution in [1.29, 1.82) is 0 Å². The third-order valence-electron chi connectivity index (χ3n) is 2.26. The molecule has 6 heteroatoms. The highest BCUT2D eigenvalue weighted by Gasteiger charge is 2.44. The fourth-order valence-corrected chi connectivity index (χ4v) is 1.17. The number of phenolic OH excluding ortho intramolecular Hbond substituents is 1. The van der Waals surface area contributed by atoms with Crippen LogP contribution in [0.25, 0.3) is 0 Å². The lowest BCUT2D eigenvalue weighted by Crippen LogP contribution is -2.53. The molecule has 0 heterocycles.